The maximum absolute atomic E-state index is 13.9. The summed E-state index contributed by atoms with van der Waals surface area (Å²) in [5, 5.41) is 0. The molecule has 1 aromatic rings. The van der Waals surface area contributed by atoms with Gasteiger partial charge in [-0.3, -0.25) is 4.79 Å². The maximum atomic E-state index is 13.9. The van der Waals surface area contributed by atoms with Gasteiger partial charge in [0.2, 0.25) is 0 Å². The molecular formula is C16H21FN2O. The first-order valence-electron chi connectivity index (χ1n) is 7.53. The van der Waals surface area contributed by atoms with E-state index in [0.29, 0.717) is 17.6 Å². The van der Waals surface area contributed by atoms with Gasteiger partial charge in [0.05, 0.1) is 5.56 Å². The summed E-state index contributed by atoms with van der Waals surface area (Å²) in [6, 6.07) is 4.64. The van der Waals surface area contributed by atoms with Gasteiger partial charge < -0.3 is 10.6 Å². The minimum Gasteiger partial charge on any atom is -0.399 e. The first-order chi connectivity index (χ1) is 9.66. The van der Waals surface area contributed by atoms with Crippen LogP contribution in [-0.4, -0.2) is 23.4 Å². The molecule has 0 radical (unpaired) electrons. The highest BCUT2D eigenvalue weighted by molar-refractivity contribution is 5.95. The lowest BCUT2D eigenvalue weighted by Crippen LogP contribution is -2.39. The molecule has 1 unspecified atom stereocenters. The average Bonchev–Trinajstić information content (AvgIpc) is 3.09. The number of nitrogens with two attached hydrogens (primary N) is 1. The Bertz CT molecular complexity index is 511. The molecule has 1 heterocycles. The molecule has 1 amide bonds. The molecule has 0 spiro atoms. The van der Waals surface area contributed by atoms with Gasteiger partial charge in [0.15, 0.2) is 0 Å². The van der Waals surface area contributed by atoms with E-state index >= 15 is 0 Å². The van der Waals surface area contributed by atoms with Crippen molar-refractivity contribution >= 4 is 11.6 Å². The van der Waals surface area contributed by atoms with Gasteiger partial charge in [-0.05, 0) is 49.8 Å². The van der Waals surface area contributed by atoms with Crippen LogP contribution in [0.5, 0.6) is 0 Å². The Kier molecular flexibility index (Phi) is 3.64. The second-order valence-electron chi connectivity index (χ2n) is 5.99. The predicted octanol–water partition coefficient (Wildman–Crippen LogP) is 3.20. The van der Waals surface area contributed by atoms with Crippen molar-refractivity contribution in [3.63, 3.8) is 0 Å². The van der Waals surface area contributed by atoms with Gasteiger partial charge in [0, 0.05) is 18.3 Å². The van der Waals surface area contributed by atoms with Crippen LogP contribution in [0.25, 0.3) is 0 Å². The van der Waals surface area contributed by atoms with Crippen molar-refractivity contribution in [3.05, 3.63) is 29.6 Å². The number of halogens is 1. The van der Waals surface area contributed by atoms with E-state index in [0.717, 1.165) is 19.4 Å². The third-order valence-corrected chi connectivity index (χ3v) is 4.73. The summed E-state index contributed by atoms with van der Waals surface area (Å²) < 4.78 is 13.9. The number of nitrogens with zero attached hydrogens (tertiary/aromatic N) is 1. The van der Waals surface area contributed by atoms with Crippen LogP contribution in [0.4, 0.5) is 10.1 Å². The lowest BCUT2D eigenvalue weighted by Gasteiger charge is -2.29. The van der Waals surface area contributed by atoms with E-state index in [9.17, 15) is 9.18 Å². The summed E-state index contributed by atoms with van der Waals surface area (Å²) in [4.78, 5) is 14.5. The molecule has 3 rings (SSSR count). The summed E-state index contributed by atoms with van der Waals surface area (Å²) in [6.07, 6.45) is 7.03. The molecule has 2 N–H and O–H groups in total. The standard InChI is InChI=1S/C16H21FN2O/c17-14-10-12(18)7-8-13(14)16(20)19-9-3-6-15(19)11-4-1-2-5-11/h7-8,10-11,15H,1-6,9,18H2. The van der Waals surface area contributed by atoms with Crippen LogP contribution >= 0.6 is 0 Å². The molecule has 4 heteroatoms. The van der Waals surface area contributed by atoms with Crippen LogP contribution in [0, 0.1) is 11.7 Å². The van der Waals surface area contributed by atoms with Crippen LogP contribution in [0.1, 0.15) is 48.9 Å². The smallest absolute Gasteiger partial charge is 0.257 e. The Hall–Kier alpha value is -1.58. The van der Waals surface area contributed by atoms with E-state index in [1.54, 1.807) is 6.07 Å². The maximum Gasteiger partial charge on any atom is 0.257 e. The van der Waals surface area contributed by atoms with Gasteiger partial charge in [-0.2, -0.15) is 0 Å². The molecule has 3 nitrogen and oxygen atoms in total. The van der Waals surface area contributed by atoms with Crippen LogP contribution in [0.3, 0.4) is 0 Å². The van der Waals surface area contributed by atoms with E-state index in [1.165, 1.54) is 37.8 Å². The zero-order valence-electron chi connectivity index (χ0n) is 11.6. The molecule has 20 heavy (non-hydrogen) atoms. The molecule has 1 saturated carbocycles. The highest BCUT2D eigenvalue weighted by atomic mass is 19.1. The van der Waals surface area contributed by atoms with Crippen molar-refractivity contribution in [2.75, 3.05) is 12.3 Å². The van der Waals surface area contributed by atoms with Crippen LogP contribution in [0.15, 0.2) is 18.2 Å². The number of anilines is 1. The second kappa shape index (κ2) is 5.43. The highest BCUT2D eigenvalue weighted by Gasteiger charge is 2.36. The topological polar surface area (TPSA) is 46.3 Å². The van der Waals surface area contributed by atoms with Gasteiger partial charge in [0.1, 0.15) is 5.82 Å². The molecule has 1 atom stereocenters. The third-order valence-electron chi connectivity index (χ3n) is 4.73. The van der Waals surface area contributed by atoms with E-state index < -0.39 is 5.82 Å². The Morgan fingerprint density at radius 1 is 1.20 bits per heavy atom. The molecular weight excluding hydrogens is 255 g/mol. The molecule has 2 fully saturated rings. The zero-order chi connectivity index (χ0) is 14.1. The number of amides is 1. The molecule has 1 aromatic carbocycles. The largest absolute Gasteiger partial charge is 0.399 e. The number of rotatable bonds is 2. The summed E-state index contributed by atoms with van der Waals surface area (Å²) in [6.45, 7) is 0.754. The van der Waals surface area contributed by atoms with E-state index in [4.69, 9.17) is 5.73 Å². The van der Waals surface area contributed by atoms with Crippen molar-refractivity contribution in [1.82, 2.24) is 4.90 Å². The summed E-state index contributed by atoms with van der Waals surface area (Å²) >= 11 is 0. The molecule has 0 bridgehead atoms. The lowest BCUT2D eigenvalue weighted by molar-refractivity contribution is 0.0684. The summed E-state index contributed by atoms with van der Waals surface area (Å²) in [5.74, 6) is -0.0673. The number of hydrogen-bond acceptors (Lipinski definition) is 2. The van der Waals surface area contributed by atoms with E-state index in [1.807, 2.05) is 4.90 Å². The number of benzene rings is 1. The monoisotopic (exact) mass is 276 g/mol. The van der Waals surface area contributed by atoms with Crippen LogP contribution in [0.2, 0.25) is 0 Å². The highest BCUT2D eigenvalue weighted by Crippen LogP contribution is 2.36. The molecule has 1 aliphatic heterocycles. The number of carbonyl (C=O) groups excluding carboxylic acids is 1. The fraction of sp³-hybridized carbons (Fsp3) is 0.562. The Morgan fingerprint density at radius 2 is 1.95 bits per heavy atom. The van der Waals surface area contributed by atoms with Crippen LogP contribution < -0.4 is 5.73 Å². The van der Waals surface area contributed by atoms with Crippen molar-refractivity contribution < 1.29 is 9.18 Å². The van der Waals surface area contributed by atoms with Gasteiger partial charge in [-0.25, -0.2) is 4.39 Å². The first-order valence-corrected chi connectivity index (χ1v) is 7.53. The van der Waals surface area contributed by atoms with Gasteiger partial charge in [-0.1, -0.05) is 12.8 Å². The number of nitrogen functional groups attached to an aromatic ring is 1. The first kappa shape index (κ1) is 13.4. The fourth-order valence-corrected chi connectivity index (χ4v) is 3.74. The second-order valence-corrected chi connectivity index (χ2v) is 5.99. The molecule has 2 aliphatic rings. The van der Waals surface area contributed by atoms with Gasteiger partial charge in [-0.15, -0.1) is 0 Å². The minimum atomic E-state index is -0.507. The van der Waals surface area contributed by atoms with Crippen molar-refractivity contribution in [2.24, 2.45) is 5.92 Å². The zero-order valence-corrected chi connectivity index (χ0v) is 11.6. The summed E-state index contributed by atoms with van der Waals surface area (Å²) in [7, 11) is 0. The van der Waals surface area contributed by atoms with E-state index in [-0.39, 0.29) is 11.5 Å². The number of hydrogen-bond donors (Lipinski definition) is 1. The molecule has 1 saturated heterocycles. The lowest BCUT2D eigenvalue weighted by atomic mass is 9.95. The van der Waals surface area contributed by atoms with Gasteiger partial charge in [0.25, 0.3) is 5.91 Å². The molecule has 108 valence electrons. The van der Waals surface area contributed by atoms with E-state index in [2.05, 4.69) is 0 Å². The fourth-order valence-electron chi connectivity index (χ4n) is 3.74. The Labute approximate surface area is 118 Å². The number of carbonyl (C=O) groups is 1. The Morgan fingerprint density at radius 3 is 2.65 bits per heavy atom. The van der Waals surface area contributed by atoms with Crippen molar-refractivity contribution in [1.29, 1.82) is 0 Å². The molecule has 1 aliphatic carbocycles. The minimum absolute atomic E-state index is 0.157. The third kappa shape index (κ3) is 2.39. The van der Waals surface area contributed by atoms with Crippen LogP contribution in [-0.2, 0) is 0 Å². The Balaban J connectivity index is 1.81. The SMILES string of the molecule is Nc1ccc(C(=O)N2CCCC2C2CCCC2)c(F)c1. The molecule has 0 aromatic heterocycles. The average molecular weight is 276 g/mol. The summed E-state index contributed by atoms with van der Waals surface area (Å²) in [5.41, 5.74) is 6.05. The van der Waals surface area contributed by atoms with Crippen molar-refractivity contribution in [2.45, 2.75) is 44.6 Å². The predicted molar refractivity (Wildman–Crippen MR) is 76.8 cm³/mol. The van der Waals surface area contributed by atoms with Gasteiger partial charge >= 0.3 is 0 Å². The van der Waals surface area contributed by atoms with Crippen molar-refractivity contribution in [3.8, 4) is 0 Å². The normalized spacial score (nSPS) is 23.4. The number of likely N-dealkylation sites (tertiary alicyclic amines) is 1. The quantitative estimate of drug-likeness (QED) is 0.843.